The van der Waals surface area contributed by atoms with E-state index >= 15 is 0 Å². The van der Waals surface area contributed by atoms with Gasteiger partial charge in [-0.2, -0.15) is 0 Å². The maximum atomic E-state index is 6.42. The van der Waals surface area contributed by atoms with E-state index in [0.717, 1.165) is 11.1 Å². The van der Waals surface area contributed by atoms with Gasteiger partial charge in [0.1, 0.15) is 0 Å². The van der Waals surface area contributed by atoms with Crippen LogP contribution in [0.2, 0.25) is 0 Å². The third-order valence-electron chi connectivity index (χ3n) is 4.81. The van der Waals surface area contributed by atoms with E-state index in [4.69, 9.17) is 28.4 Å². The van der Waals surface area contributed by atoms with Crippen molar-refractivity contribution in [2.75, 3.05) is 35.0 Å². The molecule has 0 saturated heterocycles. The molecule has 2 aromatic carbocycles. The van der Waals surface area contributed by atoms with E-state index in [1.165, 1.54) is 0 Å². The van der Waals surface area contributed by atoms with E-state index in [0.29, 0.717) is 36.0 Å². The summed E-state index contributed by atoms with van der Waals surface area (Å²) in [6.07, 6.45) is 0.278. The van der Waals surface area contributed by atoms with Crippen molar-refractivity contribution in [2.45, 2.75) is 25.2 Å². The third kappa shape index (κ3) is 3.42. The van der Waals surface area contributed by atoms with E-state index in [2.05, 4.69) is 0 Å². The monoisotopic (exact) mass is 374 g/mol. The molecular formula is C21H26O6. The lowest BCUT2D eigenvalue weighted by atomic mass is 9.91. The minimum Gasteiger partial charge on any atom is -0.493 e. The van der Waals surface area contributed by atoms with Crippen molar-refractivity contribution < 1.29 is 28.4 Å². The van der Waals surface area contributed by atoms with Gasteiger partial charge in [0, 0.05) is 31.8 Å². The SMILES string of the molecule is CCOc1cccc2c1OC(OC)(c1ccc(OC)c(OC)c1)CC2OC. The molecule has 0 bridgehead atoms. The number of para-hydroxylation sites is 1. The standard InChI is InChI=1S/C21H26O6/c1-6-26-17-9-7-8-15-19(24-4)13-21(25-5,27-20(15)17)14-10-11-16(22-2)18(12-14)23-3/h7-12,19H,6,13H2,1-5H3. The highest BCUT2D eigenvalue weighted by Gasteiger charge is 2.45. The number of ether oxygens (including phenoxy) is 6. The highest BCUT2D eigenvalue weighted by atomic mass is 16.7. The van der Waals surface area contributed by atoms with Crippen LogP contribution >= 0.6 is 0 Å². The molecule has 1 heterocycles. The number of hydrogen-bond donors (Lipinski definition) is 0. The second kappa shape index (κ2) is 8.06. The number of benzene rings is 2. The molecule has 2 unspecified atom stereocenters. The average molecular weight is 374 g/mol. The lowest BCUT2D eigenvalue weighted by molar-refractivity contribution is -0.207. The summed E-state index contributed by atoms with van der Waals surface area (Å²) in [6.45, 7) is 2.47. The highest BCUT2D eigenvalue weighted by molar-refractivity contribution is 5.51. The third-order valence-corrected chi connectivity index (χ3v) is 4.81. The summed E-state index contributed by atoms with van der Waals surface area (Å²) >= 11 is 0. The molecule has 146 valence electrons. The van der Waals surface area contributed by atoms with E-state index in [9.17, 15) is 0 Å². The predicted octanol–water partition coefficient (Wildman–Crippen LogP) is 4.07. The van der Waals surface area contributed by atoms with Crippen LogP contribution in [0.1, 0.15) is 30.6 Å². The van der Waals surface area contributed by atoms with Gasteiger partial charge in [-0.3, -0.25) is 0 Å². The summed E-state index contributed by atoms with van der Waals surface area (Å²) in [4.78, 5) is 0. The quantitative estimate of drug-likeness (QED) is 0.728. The van der Waals surface area contributed by atoms with Gasteiger partial charge in [-0.05, 0) is 31.2 Å². The first-order chi connectivity index (χ1) is 13.1. The Morgan fingerprint density at radius 2 is 1.78 bits per heavy atom. The topological polar surface area (TPSA) is 55.4 Å². The summed E-state index contributed by atoms with van der Waals surface area (Å²) in [5, 5.41) is 0. The molecule has 0 N–H and O–H groups in total. The lowest BCUT2D eigenvalue weighted by Gasteiger charge is -2.41. The zero-order valence-corrected chi connectivity index (χ0v) is 16.4. The van der Waals surface area contributed by atoms with Crippen LogP contribution in [0.15, 0.2) is 36.4 Å². The summed E-state index contributed by atoms with van der Waals surface area (Å²) in [6, 6.07) is 11.4. The Morgan fingerprint density at radius 1 is 1.00 bits per heavy atom. The Bertz CT molecular complexity index is 790. The molecule has 2 atom stereocenters. The first kappa shape index (κ1) is 19.3. The largest absolute Gasteiger partial charge is 0.493 e. The zero-order valence-electron chi connectivity index (χ0n) is 16.4. The van der Waals surface area contributed by atoms with Crippen LogP contribution in [0, 0.1) is 0 Å². The minimum absolute atomic E-state index is 0.206. The molecule has 27 heavy (non-hydrogen) atoms. The van der Waals surface area contributed by atoms with Crippen LogP contribution in [0.5, 0.6) is 23.0 Å². The van der Waals surface area contributed by atoms with Crippen LogP contribution < -0.4 is 18.9 Å². The van der Waals surface area contributed by atoms with E-state index in [1.54, 1.807) is 28.4 Å². The van der Waals surface area contributed by atoms with Gasteiger partial charge in [0.15, 0.2) is 23.0 Å². The first-order valence-electron chi connectivity index (χ1n) is 8.87. The lowest BCUT2D eigenvalue weighted by Crippen LogP contribution is -2.40. The van der Waals surface area contributed by atoms with Gasteiger partial charge in [-0.1, -0.05) is 12.1 Å². The molecule has 3 rings (SSSR count). The first-order valence-corrected chi connectivity index (χ1v) is 8.87. The number of hydrogen-bond acceptors (Lipinski definition) is 6. The van der Waals surface area contributed by atoms with E-state index in [-0.39, 0.29) is 6.10 Å². The van der Waals surface area contributed by atoms with Crippen molar-refractivity contribution in [1.29, 1.82) is 0 Å². The molecule has 0 aliphatic carbocycles. The fourth-order valence-corrected chi connectivity index (χ4v) is 3.43. The van der Waals surface area contributed by atoms with Gasteiger partial charge in [0.25, 0.3) is 0 Å². The molecule has 6 nitrogen and oxygen atoms in total. The van der Waals surface area contributed by atoms with Crippen LogP contribution in [-0.4, -0.2) is 35.0 Å². The Balaban J connectivity index is 2.11. The normalized spacial score (nSPS) is 21.1. The van der Waals surface area contributed by atoms with Crippen molar-refractivity contribution in [1.82, 2.24) is 0 Å². The second-order valence-electron chi connectivity index (χ2n) is 6.16. The molecule has 1 aliphatic heterocycles. The fourth-order valence-electron chi connectivity index (χ4n) is 3.43. The van der Waals surface area contributed by atoms with Gasteiger partial charge in [0.2, 0.25) is 5.79 Å². The molecule has 0 saturated carbocycles. The molecule has 1 aliphatic rings. The molecule has 0 amide bonds. The number of methoxy groups -OCH3 is 4. The van der Waals surface area contributed by atoms with Crippen LogP contribution in [0.4, 0.5) is 0 Å². The van der Waals surface area contributed by atoms with Crippen LogP contribution in [-0.2, 0) is 15.3 Å². The highest BCUT2D eigenvalue weighted by Crippen LogP contribution is 2.50. The van der Waals surface area contributed by atoms with Crippen molar-refractivity contribution in [2.24, 2.45) is 0 Å². The smallest absolute Gasteiger partial charge is 0.240 e. The summed E-state index contributed by atoms with van der Waals surface area (Å²) in [5.74, 6) is 1.50. The molecular weight excluding hydrogens is 348 g/mol. The maximum absolute atomic E-state index is 6.42. The molecule has 0 fully saturated rings. The van der Waals surface area contributed by atoms with Crippen molar-refractivity contribution in [3.8, 4) is 23.0 Å². The summed E-state index contributed by atoms with van der Waals surface area (Å²) in [7, 11) is 6.51. The molecule has 0 spiro atoms. The maximum Gasteiger partial charge on any atom is 0.240 e. The minimum atomic E-state index is -1.04. The average Bonchev–Trinajstić information content (AvgIpc) is 2.72. The zero-order chi connectivity index (χ0) is 19.4. The van der Waals surface area contributed by atoms with Gasteiger partial charge in [-0.25, -0.2) is 0 Å². The Kier molecular flexibility index (Phi) is 5.77. The number of fused-ring (bicyclic) bond motifs is 1. The number of rotatable bonds is 7. The van der Waals surface area contributed by atoms with E-state index < -0.39 is 5.79 Å². The summed E-state index contributed by atoms with van der Waals surface area (Å²) in [5.41, 5.74) is 1.75. The molecule has 0 aromatic heterocycles. The molecule has 2 aromatic rings. The Labute approximate surface area is 159 Å². The van der Waals surface area contributed by atoms with Crippen molar-refractivity contribution in [3.63, 3.8) is 0 Å². The van der Waals surface area contributed by atoms with Gasteiger partial charge in [0.05, 0.1) is 26.9 Å². The van der Waals surface area contributed by atoms with E-state index in [1.807, 2.05) is 43.3 Å². The second-order valence-corrected chi connectivity index (χ2v) is 6.16. The predicted molar refractivity (Wildman–Crippen MR) is 101 cm³/mol. The van der Waals surface area contributed by atoms with Crippen molar-refractivity contribution >= 4 is 0 Å². The van der Waals surface area contributed by atoms with Crippen LogP contribution in [0.3, 0.4) is 0 Å². The van der Waals surface area contributed by atoms with Crippen molar-refractivity contribution in [3.05, 3.63) is 47.5 Å². The molecule has 6 heteroatoms. The van der Waals surface area contributed by atoms with Gasteiger partial charge in [-0.15, -0.1) is 0 Å². The molecule has 0 radical (unpaired) electrons. The van der Waals surface area contributed by atoms with Gasteiger partial charge < -0.3 is 28.4 Å². The fraction of sp³-hybridized carbons (Fsp3) is 0.429. The van der Waals surface area contributed by atoms with Crippen LogP contribution in [0.25, 0.3) is 0 Å². The van der Waals surface area contributed by atoms with Gasteiger partial charge >= 0.3 is 0 Å². The Hall–Kier alpha value is -2.44. The Morgan fingerprint density at radius 3 is 2.41 bits per heavy atom. The summed E-state index contributed by atoms with van der Waals surface area (Å²) < 4.78 is 34.6.